The number of ether oxygens (including phenoxy) is 1. The second-order valence-corrected chi connectivity index (χ2v) is 6.33. The van der Waals surface area contributed by atoms with E-state index in [9.17, 15) is 0 Å². The van der Waals surface area contributed by atoms with Crippen molar-refractivity contribution in [2.24, 2.45) is 7.05 Å². The molecule has 0 saturated heterocycles. The third-order valence-electron chi connectivity index (χ3n) is 3.19. The minimum atomic E-state index is 0.100. The van der Waals surface area contributed by atoms with E-state index in [4.69, 9.17) is 4.74 Å². The van der Waals surface area contributed by atoms with Gasteiger partial charge in [-0.25, -0.2) is 0 Å². The molecule has 21 heavy (non-hydrogen) atoms. The predicted molar refractivity (Wildman–Crippen MR) is 85.4 cm³/mol. The molecule has 0 atom stereocenters. The third kappa shape index (κ3) is 5.23. The van der Waals surface area contributed by atoms with Crippen molar-refractivity contribution < 1.29 is 4.74 Å². The van der Waals surface area contributed by atoms with Gasteiger partial charge in [0.1, 0.15) is 5.75 Å². The molecule has 0 spiro atoms. The summed E-state index contributed by atoms with van der Waals surface area (Å²) >= 11 is 0. The molecule has 0 unspecified atom stereocenters. The second kappa shape index (κ2) is 6.76. The highest BCUT2D eigenvalue weighted by molar-refractivity contribution is 5.33. The van der Waals surface area contributed by atoms with Crippen LogP contribution in [0.3, 0.4) is 0 Å². The zero-order chi connectivity index (χ0) is 15.3. The zero-order valence-electron chi connectivity index (χ0n) is 13.4. The first-order valence-corrected chi connectivity index (χ1v) is 7.37. The number of nitrogens with zero attached hydrogens (tertiary/aromatic N) is 2. The molecule has 0 aliphatic heterocycles. The molecule has 0 aliphatic carbocycles. The molecule has 0 amide bonds. The van der Waals surface area contributed by atoms with E-state index in [1.54, 1.807) is 0 Å². The lowest BCUT2D eigenvalue weighted by atomic mass is 10.1. The first-order chi connectivity index (χ1) is 9.94. The first-order valence-electron chi connectivity index (χ1n) is 7.37. The summed E-state index contributed by atoms with van der Waals surface area (Å²) in [6.45, 7) is 7.97. The summed E-state index contributed by atoms with van der Waals surface area (Å²) in [5, 5.41) is 7.66. The zero-order valence-corrected chi connectivity index (χ0v) is 13.4. The Balaban J connectivity index is 1.90. The fourth-order valence-electron chi connectivity index (χ4n) is 2.03. The molecule has 2 aromatic rings. The summed E-state index contributed by atoms with van der Waals surface area (Å²) in [6.07, 6.45) is 4.78. The Morgan fingerprint density at radius 1 is 1.24 bits per heavy atom. The number of hydrogen-bond donors (Lipinski definition) is 1. The molecule has 114 valence electrons. The Labute approximate surface area is 127 Å². The van der Waals surface area contributed by atoms with E-state index in [2.05, 4.69) is 37.3 Å². The van der Waals surface area contributed by atoms with Crippen molar-refractivity contribution in [2.75, 3.05) is 6.61 Å². The van der Waals surface area contributed by atoms with Gasteiger partial charge in [-0.15, -0.1) is 0 Å². The van der Waals surface area contributed by atoms with E-state index >= 15 is 0 Å². The van der Waals surface area contributed by atoms with Crippen LogP contribution in [-0.4, -0.2) is 21.9 Å². The summed E-state index contributed by atoms with van der Waals surface area (Å²) in [5.41, 5.74) is 2.49. The maximum absolute atomic E-state index is 5.94. The van der Waals surface area contributed by atoms with E-state index in [0.717, 1.165) is 18.7 Å². The molecule has 0 bridgehead atoms. The molecule has 4 heteroatoms. The molecule has 0 radical (unpaired) electrons. The van der Waals surface area contributed by atoms with Crippen molar-refractivity contribution in [3.05, 3.63) is 47.8 Å². The average molecular weight is 287 g/mol. The maximum atomic E-state index is 5.94. The van der Waals surface area contributed by atoms with Crippen LogP contribution >= 0.6 is 0 Å². The van der Waals surface area contributed by atoms with Gasteiger partial charge >= 0.3 is 0 Å². The van der Waals surface area contributed by atoms with Crippen LogP contribution < -0.4 is 10.1 Å². The van der Waals surface area contributed by atoms with Crippen molar-refractivity contribution >= 4 is 0 Å². The highest BCUT2D eigenvalue weighted by Crippen LogP contribution is 2.19. The van der Waals surface area contributed by atoms with Gasteiger partial charge in [0.15, 0.2) is 0 Å². The van der Waals surface area contributed by atoms with Gasteiger partial charge in [-0.05, 0) is 32.4 Å². The molecule has 1 aromatic heterocycles. The van der Waals surface area contributed by atoms with Gasteiger partial charge in [-0.2, -0.15) is 5.10 Å². The minimum absolute atomic E-state index is 0.100. The number of aromatic nitrogens is 2. The van der Waals surface area contributed by atoms with Crippen LogP contribution in [0.1, 0.15) is 31.9 Å². The topological polar surface area (TPSA) is 39.1 Å². The van der Waals surface area contributed by atoms with Crippen molar-refractivity contribution in [1.29, 1.82) is 0 Å². The largest absolute Gasteiger partial charge is 0.493 e. The van der Waals surface area contributed by atoms with Gasteiger partial charge < -0.3 is 10.1 Å². The average Bonchev–Trinajstić information content (AvgIpc) is 2.82. The van der Waals surface area contributed by atoms with Crippen molar-refractivity contribution in [2.45, 2.75) is 39.3 Å². The first kappa shape index (κ1) is 15.6. The summed E-state index contributed by atoms with van der Waals surface area (Å²) in [4.78, 5) is 0. The quantitative estimate of drug-likeness (QED) is 0.888. The van der Waals surface area contributed by atoms with Gasteiger partial charge in [0.05, 0.1) is 12.8 Å². The molecule has 0 aliphatic rings. The van der Waals surface area contributed by atoms with Crippen molar-refractivity contribution in [3.8, 4) is 5.75 Å². The van der Waals surface area contributed by atoms with Crippen LogP contribution in [0.2, 0.25) is 0 Å². The lowest BCUT2D eigenvalue weighted by Gasteiger charge is -2.21. The standard InChI is InChI=1S/C17H25N3O/c1-17(2,3)18-12-15-7-5-6-8-16(15)21-10-9-14-11-19-20(4)13-14/h5-8,11,13,18H,9-10,12H2,1-4H3. The van der Waals surface area contributed by atoms with E-state index in [1.807, 2.05) is 42.3 Å². The van der Waals surface area contributed by atoms with Gasteiger partial charge in [0.2, 0.25) is 0 Å². The molecule has 4 nitrogen and oxygen atoms in total. The SMILES string of the molecule is Cn1cc(CCOc2ccccc2CNC(C)(C)C)cn1. The van der Waals surface area contributed by atoms with Crippen LogP contribution in [0, 0.1) is 0 Å². The second-order valence-electron chi connectivity index (χ2n) is 6.33. The number of benzene rings is 1. The highest BCUT2D eigenvalue weighted by Gasteiger charge is 2.10. The smallest absolute Gasteiger partial charge is 0.123 e. The summed E-state index contributed by atoms with van der Waals surface area (Å²) in [7, 11) is 1.93. The Morgan fingerprint density at radius 3 is 2.67 bits per heavy atom. The van der Waals surface area contributed by atoms with Crippen LogP contribution in [0.25, 0.3) is 0 Å². The van der Waals surface area contributed by atoms with Gasteiger partial charge in [-0.1, -0.05) is 18.2 Å². The maximum Gasteiger partial charge on any atom is 0.123 e. The Kier molecular flexibility index (Phi) is 5.02. The molecule has 1 heterocycles. The summed E-state index contributed by atoms with van der Waals surface area (Å²) in [5.74, 6) is 0.957. The minimum Gasteiger partial charge on any atom is -0.493 e. The fraction of sp³-hybridized carbons (Fsp3) is 0.471. The highest BCUT2D eigenvalue weighted by atomic mass is 16.5. The summed E-state index contributed by atoms with van der Waals surface area (Å²) in [6, 6.07) is 8.20. The summed E-state index contributed by atoms with van der Waals surface area (Å²) < 4.78 is 7.75. The van der Waals surface area contributed by atoms with Crippen LogP contribution in [-0.2, 0) is 20.0 Å². The van der Waals surface area contributed by atoms with E-state index < -0.39 is 0 Å². The van der Waals surface area contributed by atoms with Gasteiger partial charge in [0.25, 0.3) is 0 Å². The Bertz CT molecular complexity index is 569. The lowest BCUT2D eigenvalue weighted by molar-refractivity contribution is 0.315. The van der Waals surface area contributed by atoms with E-state index in [0.29, 0.717) is 6.61 Å². The normalized spacial score (nSPS) is 11.6. The van der Waals surface area contributed by atoms with E-state index in [1.165, 1.54) is 11.1 Å². The molecule has 0 saturated carbocycles. The predicted octanol–water partition coefficient (Wildman–Crippen LogP) is 2.93. The third-order valence-corrected chi connectivity index (χ3v) is 3.19. The monoisotopic (exact) mass is 287 g/mol. The van der Waals surface area contributed by atoms with Crippen LogP contribution in [0.5, 0.6) is 5.75 Å². The number of hydrogen-bond acceptors (Lipinski definition) is 3. The molecule has 0 fully saturated rings. The Morgan fingerprint density at radius 2 is 2.00 bits per heavy atom. The molecule has 1 aromatic carbocycles. The molecular weight excluding hydrogens is 262 g/mol. The molecule has 1 N–H and O–H groups in total. The van der Waals surface area contributed by atoms with Gasteiger partial charge in [-0.3, -0.25) is 4.68 Å². The number of para-hydroxylation sites is 1. The Hall–Kier alpha value is -1.81. The van der Waals surface area contributed by atoms with Gasteiger partial charge in [0, 0.05) is 37.3 Å². The van der Waals surface area contributed by atoms with Crippen molar-refractivity contribution in [1.82, 2.24) is 15.1 Å². The molecule has 2 rings (SSSR count). The van der Waals surface area contributed by atoms with E-state index in [-0.39, 0.29) is 5.54 Å². The van der Waals surface area contributed by atoms with Crippen molar-refractivity contribution in [3.63, 3.8) is 0 Å². The lowest BCUT2D eigenvalue weighted by Crippen LogP contribution is -2.35. The number of rotatable bonds is 6. The van der Waals surface area contributed by atoms with Crippen LogP contribution in [0.4, 0.5) is 0 Å². The fourth-order valence-corrected chi connectivity index (χ4v) is 2.03. The number of aryl methyl sites for hydroxylation is 1. The van der Waals surface area contributed by atoms with Crippen LogP contribution in [0.15, 0.2) is 36.7 Å². The molecular formula is C17H25N3O. The number of nitrogens with one attached hydrogen (secondary N) is 1.